The fraction of sp³-hybridized carbons (Fsp3) is 0.231. The molecule has 0 radical (unpaired) electrons. The third kappa shape index (κ3) is 2.88. The topological polar surface area (TPSA) is 73.1 Å². The molecule has 2 aromatic heterocycles. The zero-order valence-electron chi connectivity index (χ0n) is 10.5. The van der Waals surface area contributed by atoms with Crippen LogP contribution in [0, 0.1) is 6.92 Å². The predicted octanol–water partition coefficient (Wildman–Crippen LogP) is 1.99. The van der Waals surface area contributed by atoms with Gasteiger partial charge in [-0.15, -0.1) is 0 Å². The second-order valence-electron chi connectivity index (χ2n) is 3.93. The van der Waals surface area contributed by atoms with Gasteiger partial charge in [0, 0.05) is 18.8 Å². The lowest BCUT2D eigenvalue weighted by Gasteiger charge is -2.07. The molecule has 0 unspecified atom stereocenters. The first-order valence-corrected chi connectivity index (χ1v) is 5.65. The monoisotopic (exact) mass is 244 g/mol. The molecular weight excluding hydrogens is 228 g/mol. The highest BCUT2D eigenvalue weighted by Gasteiger charge is 1.99. The van der Waals surface area contributed by atoms with Gasteiger partial charge in [-0.25, -0.2) is 9.97 Å². The molecule has 94 valence electrons. The first-order chi connectivity index (χ1) is 8.69. The van der Waals surface area contributed by atoms with Crippen LogP contribution in [0.2, 0.25) is 0 Å². The smallest absolute Gasteiger partial charge is 0.212 e. The van der Waals surface area contributed by atoms with Crippen LogP contribution in [-0.4, -0.2) is 17.1 Å². The molecule has 2 heterocycles. The van der Waals surface area contributed by atoms with Gasteiger partial charge < -0.3 is 15.8 Å². The molecule has 0 aliphatic carbocycles. The van der Waals surface area contributed by atoms with Crippen molar-refractivity contribution in [3.8, 4) is 5.88 Å². The zero-order valence-corrected chi connectivity index (χ0v) is 10.5. The lowest BCUT2D eigenvalue weighted by atomic mass is 10.2. The van der Waals surface area contributed by atoms with Crippen LogP contribution in [0.15, 0.2) is 30.5 Å². The summed E-state index contributed by atoms with van der Waals surface area (Å²) in [7, 11) is 1.60. The Kier molecular flexibility index (Phi) is 3.62. The highest BCUT2D eigenvalue weighted by atomic mass is 16.5. The van der Waals surface area contributed by atoms with Crippen LogP contribution in [0.4, 0.5) is 11.5 Å². The number of rotatable bonds is 4. The molecule has 0 amide bonds. The number of methoxy groups -OCH3 is 1. The van der Waals surface area contributed by atoms with E-state index in [0.717, 1.165) is 17.1 Å². The van der Waals surface area contributed by atoms with Gasteiger partial charge in [0.2, 0.25) is 5.88 Å². The standard InChI is InChI=1S/C13H16N4O/c1-9-11(14)4-5-12(17-9)15-7-10-3-6-13(18-2)16-8-10/h3-6,8H,7,14H2,1-2H3,(H,15,17). The average molecular weight is 244 g/mol. The summed E-state index contributed by atoms with van der Waals surface area (Å²) in [5.74, 6) is 1.41. The number of nitrogens with one attached hydrogen (secondary N) is 1. The summed E-state index contributed by atoms with van der Waals surface area (Å²) in [5.41, 5.74) is 8.30. The minimum absolute atomic E-state index is 0.611. The van der Waals surface area contributed by atoms with Crippen LogP contribution in [0.3, 0.4) is 0 Å². The van der Waals surface area contributed by atoms with E-state index in [1.165, 1.54) is 0 Å². The number of hydrogen-bond acceptors (Lipinski definition) is 5. The molecule has 0 saturated heterocycles. The minimum Gasteiger partial charge on any atom is -0.481 e. The number of aryl methyl sites for hydroxylation is 1. The molecule has 0 atom stereocenters. The van der Waals surface area contributed by atoms with Gasteiger partial charge in [-0.05, 0) is 24.6 Å². The molecule has 0 aliphatic rings. The van der Waals surface area contributed by atoms with Crippen LogP contribution >= 0.6 is 0 Å². The van der Waals surface area contributed by atoms with Crippen molar-refractivity contribution in [2.45, 2.75) is 13.5 Å². The fourth-order valence-electron chi connectivity index (χ4n) is 1.50. The van der Waals surface area contributed by atoms with Crippen LogP contribution in [0.1, 0.15) is 11.3 Å². The van der Waals surface area contributed by atoms with Crippen molar-refractivity contribution < 1.29 is 4.74 Å². The molecule has 2 rings (SSSR count). The van der Waals surface area contributed by atoms with E-state index in [0.29, 0.717) is 18.1 Å². The van der Waals surface area contributed by atoms with Crippen molar-refractivity contribution in [2.75, 3.05) is 18.2 Å². The maximum absolute atomic E-state index is 5.71. The van der Waals surface area contributed by atoms with E-state index in [9.17, 15) is 0 Å². The molecule has 5 heteroatoms. The van der Waals surface area contributed by atoms with Gasteiger partial charge in [0.25, 0.3) is 0 Å². The quantitative estimate of drug-likeness (QED) is 0.860. The van der Waals surface area contributed by atoms with E-state index in [1.807, 2.05) is 31.2 Å². The molecule has 2 aromatic rings. The summed E-state index contributed by atoms with van der Waals surface area (Å²) in [6, 6.07) is 7.50. The Morgan fingerprint density at radius 1 is 1.28 bits per heavy atom. The average Bonchev–Trinajstić information content (AvgIpc) is 2.41. The van der Waals surface area contributed by atoms with Gasteiger partial charge in [0.05, 0.1) is 18.5 Å². The molecule has 5 nitrogen and oxygen atoms in total. The number of nitrogens with zero attached hydrogens (tertiary/aromatic N) is 2. The normalized spacial score (nSPS) is 10.1. The highest BCUT2D eigenvalue weighted by Crippen LogP contribution is 2.13. The number of hydrogen-bond donors (Lipinski definition) is 2. The number of ether oxygens (including phenoxy) is 1. The highest BCUT2D eigenvalue weighted by molar-refractivity contribution is 5.49. The molecule has 0 fully saturated rings. The zero-order chi connectivity index (χ0) is 13.0. The van der Waals surface area contributed by atoms with Gasteiger partial charge in [0.15, 0.2) is 0 Å². The third-order valence-electron chi connectivity index (χ3n) is 2.61. The van der Waals surface area contributed by atoms with Gasteiger partial charge in [-0.3, -0.25) is 0 Å². The molecule has 0 bridgehead atoms. The summed E-state index contributed by atoms with van der Waals surface area (Å²) in [5, 5.41) is 3.22. The Bertz CT molecular complexity index is 525. The van der Waals surface area contributed by atoms with E-state index < -0.39 is 0 Å². The van der Waals surface area contributed by atoms with E-state index >= 15 is 0 Å². The SMILES string of the molecule is COc1ccc(CNc2ccc(N)c(C)n2)cn1. The first-order valence-electron chi connectivity index (χ1n) is 5.65. The number of anilines is 2. The fourth-order valence-corrected chi connectivity index (χ4v) is 1.50. The lowest BCUT2D eigenvalue weighted by molar-refractivity contribution is 0.397. The summed E-state index contributed by atoms with van der Waals surface area (Å²) in [6.45, 7) is 2.54. The van der Waals surface area contributed by atoms with Gasteiger partial charge in [0.1, 0.15) is 5.82 Å². The van der Waals surface area contributed by atoms with Crippen molar-refractivity contribution in [1.82, 2.24) is 9.97 Å². The summed E-state index contributed by atoms with van der Waals surface area (Å²) >= 11 is 0. The van der Waals surface area contributed by atoms with Gasteiger partial charge in [-0.2, -0.15) is 0 Å². The Morgan fingerprint density at radius 2 is 2.11 bits per heavy atom. The Hall–Kier alpha value is -2.30. The largest absolute Gasteiger partial charge is 0.481 e. The van der Waals surface area contributed by atoms with Crippen molar-refractivity contribution >= 4 is 11.5 Å². The molecule has 18 heavy (non-hydrogen) atoms. The lowest BCUT2D eigenvalue weighted by Crippen LogP contribution is -2.03. The third-order valence-corrected chi connectivity index (χ3v) is 2.61. The summed E-state index contributed by atoms with van der Waals surface area (Å²) in [6.07, 6.45) is 1.77. The maximum atomic E-state index is 5.71. The van der Waals surface area contributed by atoms with Crippen molar-refractivity contribution in [1.29, 1.82) is 0 Å². The van der Waals surface area contributed by atoms with Crippen molar-refractivity contribution in [2.24, 2.45) is 0 Å². The molecule has 3 N–H and O–H groups in total. The van der Waals surface area contributed by atoms with Crippen molar-refractivity contribution in [3.63, 3.8) is 0 Å². The Labute approximate surface area is 106 Å². The predicted molar refractivity (Wildman–Crippen MR) is 71.5 cm³/mol. The van der Waals surface area contributed by atoms with Crippen LogP contribution in [0.5, 0.6) is 5.88 Å². The number of nitrogen functional groups attached to an aromatic ring is 1. The second-order valence-corrected chi connectivity index (χ2v) is 3.93. The van der Waals surface area contributed by atoms with E-state index in [1.54, 1.807) is 13.3 Å². The van der Waals surface area contributed by atoms with Crippen LogP contribution < -0.4 is 15.8 Å². The number of pyridine rings is 2. The van der Waals surface area contributed by atoms with Crippen LogP contribution in [0.25, 0.3) is 0 Å². The molecule has 0 saturated carbocycles. The van der Waals surface area contributed by atoms with E-state index in [-0.39, 0.29) is 0 Å². The van der Waals surface area contributed by atoms with Gasteiger partial charge in [-0.1, -0.05) is 6.07 Å². The van der Waals surface area contributed by atoms with Crippen LogP contribution in [-0.2, 0) is 6.54 Å². The Morgan fingerprint density at radius 3 is 2.72 bits per heavy atom. The second kappa shape index (κ2) is 5.35. The van der Waals surface area contributed by atoms with Gasteiger partial charge >= 0.3 is 0 Å². The summed E-state index contributed by atoms with van der Waals surface area (Å²) in [4.78, 5) is 8.48. The summed E-state index contributed by atoms with van der Waals surface area (Å²) < 4.78 is 5.00. The maximum Gasteiger partial charge on any atom is 0.212 e. The molecule has 0 spiro atoms. The first kappa shape index (κ1) is 12.2. The van der Waals surface area contributed by atoms with E-state index in [4.69, 9.17) is 10.5 Å². The number of aromatic nitrogens is 2. The molecule has 0 aliphatic heterocycles. The van der Waals surface area contributed by atoms with E-state index in [2.05, 4.69) is 15.3 Å². The Balaban J connectivity index is 1.99. The molecular formula is C13H16N4O. The minimum atomic E-state index is 0.611. The molecule has 0 aromatic carbocycles. The number of nitrogens with two attached hydrogens (primary N) is 1. The van der Waals surface area contributed by atoms with Crippen molar-refractivity contribution in [3.05, 3.63) is 41.7 Å².